The molecular formula is C21H18F6O3. The first-order valence-electron chi connectivity index (χ1n) is 8.71. The minimum Gasteiger partial charge on any atom is -0.490 e. The van der Waals surface area contributed by atoms with Crippen molar-refractivity contribution in [1.82, 2.24) is 0 Å². The Bertz CT molecular complexity index is 828. The second-order valence-corrected chi connectivity index (χ2v) is 6.16. The number of hydrogen-bond donors (Lipinski definition) is 0. The molecule has 0 saturated heterocycles. The normalized spacial score (nSPS) is 19.2. The van der Waals surface area contributed by atoms with Gasteiger partial charge in [-0.2, -0.15) is 26.3 Å². The van der Waals surface area contributed by atoms with Crippen molar-refractivity contribution in [2.24, 2.45) is 0 Å². The average molecular weight is 432 g/mol. The van der Waals surface area contributed by atoms with Crippen molar-refractivity contribution in [3.05, 3.63) is 66.5 Å². The quantitative estimate of drug-likeness (QED) is 0.429. The van der Waals surface area contributed by atoms with Gasteiger partial charge in [0.2, 0.25) is 0 Å². The summed E-state index contributed by atoms with van der Waals surface area (Å²) in [7, 11) is 0. The average Bonchev–Trinajstić information content (AvgIpc) is 2.68. The van der Waals surface area contributed by atoms with Crippen molar-refractivity contribution >= 4 is 0 Å². The zero-order valence-corrected chi connectivity index (χ0v) is 15.6. The molecule has 9 heteroatoms. The van der Waals surface area contributed by atoms with Crippen molar-refractivity contribution < 1.29 is 40.6 Å². The van der Waals surface area contributed by atoms with Crippen molar-refractivity contribution in [3.8, 4) is 17.6 Å². The van der Waals surface area contributed by atoms with Crippen LogP contribution in [0.1, 0.15) is 6.42 Å². The number of allylic oxidation sites excluding steroid dienone is 3. The van der Waals surface area contributed by atoms with E-state index in [1.54, 1.807) is 30.3 Å². The summed E-state index contributed by atoms with van der Waals surface area (Å²) in [6.45, 7) is -3.00. The SMILES string of the molecule is FC(F)(F)COC1=CC=CC(C#CC=CCOc2ccccc2)(OCC(F)(F)F)C1. The topological polar surface area (TPSA) is 27.7 Å². The Morgan fingerprint density at radius 1 is 0.967 bits per heavy atom. The van der Waals surface area contributed by atoms with Crippen molar-refractivity contribution in [2.45, 2.75) is 24.4 Å². The number of benzene rings is 1. The van der Waals surface area contributed by atoms with Gasteiger partial charge >= 0.3 is 12.4 Å². The zero-order valence-electron chi connectivity index (χ0n) is 15.6. The molecule has 0 aromatic heterocycles. The lowest BCUT2D eigenvalue weighted by Crippen LogP contribution is -2.35. The first-order valence-corrected chi connectivity index (χ1v) is 8.71. The van der Waals surface area contributed by atoms with Gasteiger partial charge in [-0.15, -0.1) is 0 Å². The molecule has 0 spiro atoms. The van der Waals surface area contributed by atoms with Gasteiger partial charge in [-0.3, -0.25) is 0 Å². The maximum atomic E-state index is 12.6. The van der Waals surface area contributed by atoms with E-state index in [4.69, 9.17) is 9.47 Å². The van der Waals surface area contributed by atoms with E-state index >= 15 is 0 Å². The fraction of sp³-hybridized carbons (Fsp3) is 0.333. The molecule has 3 nitrogen and oxygen atoms in total. The summed E-state index contributed by atoms with van der Waals surface area (Å²) in [5.74, 6) is 5.54. The van der Waals surface area contributed by atoms with Gasteiger partial charge in [-0.1, -0.05) is 36.1 Å². The fourth-order valence-corrected chi connectivity index (χ4v) is 2.32. The predicted molar refractivity (Wildman–Crippen MR) is 97.4 cm³/mol. The molecule has 0 fully saturated rings. The molecule has 1 unspecified atom stereocenters. The molecule has 0 saturated carbocycles. The molecule has 1 atom stereocenters. The Hall–Kier alpha value is -2.86. The molecule has 1 aromatic carbocycles. The van der Waals surface area contributed by atoms with Crippen LogP contribution in [0.3, 0.4) is 0 Å². The van der Waals surface area contributed by atoms with Gasteiger partial charge in [0.25, 0.3) is 0 Å². The van der Waals surface area contributed by atoms with Gasteiger partial charge in [0.1, 0.15) is 24.7 Å². The van der Waals surface area contributed by atoms with E-state index in [0.29, 0.717) is 5.75 Å². The van der Waals surface area contributed by atoms with Crippen molar-refractivity contribution in [1.29, 1.82) is 0 Å². The van der Waals surface area contributed by atoms with Gasteiger partial charge in [-0.25, -0.2) is 0 Å². The van der Waals surface area contributed by atoms with Gasteiger partial charge in [0.15, 0.2) is 12.2 Å². The number of ether oxygens (including phenoxy) is 3. The van der Waals surface area contributed by atoms with Gasteiger partial charge in [-0.05, 0) is 36.4 Å². The molecule has 1 aliphatic rings. The van der Waals surface area contributed by atoms with E-state index in [9.17, 15) is 26.3 Å². The summed E-state index contributed by atoms with van der Waals surface area (Å²) < 4.78 is 89.9. The van der Waals surface area contributed by atoms with E-state index in [0.717, 1.165) is 0 Å². The van der Waals surface area contributed by atoms with E-state index in [2.05, 4.69) is 16.6 Å². The number of hydrogen-bond acceptors (Lipinski definition) is 3. The molecule has 0 N–H and O–H groups in total. The van der Waals surface area contributed by atoms with Crippen LogP contribution in [-0.2, 0) is 9.47 Å². The van der Waals surface area contributed by atoms with Gasteiger partial charge in [0.05, 0.1) is 0 Å². The van der Waals surface area contributed by atoms with E-state index < -0.39 is 37.6 Å². The molecule has 30 heavy (non-hydrogen) atoms. The Kier molecular flexibility index (Phi) is 8.00. The van der Waals surface area contributed by atoms with Crippen LogP contribution in [-0.4, -0.2) is 37.8 Å². The molecule has 0 bridgehead atoms. The van der Waals surface area contributed by atoms with Crippen LogP contribution in [0.2, 0.25) is 0 Å². The van der Waals surface area contributed by atoms with Gasteiger partial charge < -0.3 is 14.2 Å². The molecule has 0 heterocycles. The third-order valence-corrected chi connectivity index (χ3v) is 3.57. The van der Waals surface area contributed by atoms with Crippen LogP contribution in [0.4, 0.5) is 26.3 Å². The highest BCUT2D eigenvalue weighted by atomic mass is 19.4. The second kappa shape index (κ2) is 10.3. The van der Waals surface area contributed by atoms with Crippen LogP contribution < -0.4 is 4.74 Å². The molecule has 162 valence electrons. The van der Waals surface area contributed by atoms with Crippen LogP contribution in [0.5, 0.6) is 5.75 Å². The van der Waals surface area contributed by atoms with Crippen molar-refractivity contribution in [3.63, 3.8) is 0 Å². The molecule has 0 radical (unpaired) electrons. The summed E-state index contributed by atoms with van der Waals surface area (Å²) in [6.07, 6.45) is -2.96. The fourth-order valence-electron chi connectivity index (χ4n) is 2.32. The summed E-state index contributed by atoms with van der Waals surface area (Å²) in [4.78, 5) is 0. The number of para-hydroxylation sites is 1. The Balaban J connectivity index is 2.02. The zero-order chi connectivity index (χ0) is 22.1. The maximum absolute atomic E-state index is 12.6. The molecule has 2 rings (SSSR count). The molecular weight excluding hydrogens is 414 g/mol. The monoisotopic (exact) mass is 432 g/mol. The molecule has 1 aromatic rings. The highest BCUT2D eigenvalue weighted by molar-refractivity contribution is 5.35. The maximum Gasteiger partial charge on any atom is 0.422 e. The Labute approximate surface area is 169 Å². The lowest BCUT2D eigenvalue weighted by Gasteiger charge is -2.29. The lowest BCUT2D eigenvalue weighted by atomic mass is 9.94. The van der Waals surface area contributed by atoms with Crippen molar-refractivity contribution in [2.75, 3.05) is 19.8 Å². The number of halogens is 6. The smallest absolute Gasteiger partial charge is 0.422 e. The Morgan fingerprint density at radius 3 is 2.33 bits per heavy atom. The van der Waals surface area contributed by atoms with E-state index in [1.165, 1.54) is 24.3 Å². The first-order chi connectivity index (χ1) is 14.1. The standard InChI is InChI=1S/C21H18F6O3/c22-20(23,24)15-29-18-10-7-12-19(14-18,30-16-21(25,26)27)11-5-2-6-13-28-17-8-3-1-4-9-17/h1-4,6-10,12H,13-16H2. The Morgan fingerprint density at radius 2 is 1.67 bits per heavy atom. The van der Waals surface area contributed by atoms with Crippen LogP contribution >= 0.6 is 0 Å². The van der Waals surface area contributed by atoms with Crippen LogP contribution in [0.15, 0.2) is 66.5 Å². The summed E-state index contributed by atoms with van der Waals surface area (Å²) >= 11 is 0. The van der Waals surface area contributed by atoms with E-state index in [-0.39, 0.29) is 12.4 Å². The highest BCUT2D eigenvalue weighted by Crippen LogP contribution is 2.30. The summed E-state index contributed by atoms with van der Waals surface area (Å²) in [5.41, 5.74) is -1.77. The first kappa shape index (κ1) is 23.4. The third-order valence-electron chi connectivity index (χ3n) is 3.57. The van der Waals surface area contributed by atoms with Crippen LogP contribution in [0, 0.1) is 11.8 Å². The third kappa shape index (κ3) is 9.09. The van der Waals surface area contributed by atoms with Gasteiger partial charge in [0, 0.05) is 6.42 Å². The summed E-state index contributed by atoms with van der Waals surface area (Å²) in [5, 5.41) is 0. The number of alkyl halides is 6. The number of rotatable bonds is 7. The lowest BCUT2D eigenvalue weighted by molar-refractivity contribution is -0.191. The molecule has 0 aliphatic heterocycles. The highest BCUT2D eigenvalue weighted by Gasteiger charge is 2.37. The molecule has 1 aliphatic carbocycles. The minimum absolute atomic E-state index is 0.171. The molecule has 0 amide bonds. The summed E-state index contributed by atoms with van der Waals surface area (Å²) in [6, 6.07) is 8.92. The largest absolute Gasteiger partial charge is 0.490 e. The van der Waals surface area contributed by atoms with Crippen LogP contribution in [0.25, 0.3) is 0 Å². The second-order valence-electron chi connectivity index (χ2n) is 6.16. The van der Waals surface area contributed by atoms with E-state index in [1.807, 2.05) is 6.07 Å². The minimum atomic E-state index is -4.63. The predicted octanol–water partition coefficient (Wildman–Crippen LogP) is 5.37.